The number of hydrogen-bond donors (Lipinski definition) is 0. The quantitative estimate of drug-likeness (QED) is 0.571. The van der Waals surface area contributed by atoms with Gasteiger partial charge in [0, 0.05) is 10.9 Å². The van der Waals surface area contributed by atoms with Gasteiger partial charge in [0.2, 0.25) is 0 Å². The maximum Gasteiger partial charge on any atom is 0.134 e. The highest BCUT2D eigenvalue weighted by atomic mass is 32.1. The van der Waals surface area contributed by atoms with Gasteiger partial charge in [0.1, 0.15) is 11.1 Å². The molecular formula is C21H18N2S. The van der Waals surface area contributed by atoms with Gasteiger partial charge in [0.05, 0.1) is 11.3 Å². The van der Waals surface area contributed by atoms with Gasteiger partial charge in [0.25, 0.3) is 0 Å². The third kappa shape index (κ3) is 3.45. The minimum Gasteiger partial charge on any atom is -0.235 e. The fourth-order valence-corrected chi connectivity index (χ4v) is 3.28. The zero-order chi connectivity index (χ0) is 16.9. The molecule has 0 aliphatic carbocycles. The molecule has 0 aliphatic rings. The van der Waals surface area contributed by atoms with E-state index in [0.29, 0.717) is 5.57 Å². The van der Waals surface area contributed by atoms with Crippen molar-refractivity contribution in [2.24, 2.45) is 0 Å². The largest absolute Gasteiger partial charge is 0.235 e. The first-order valence-electron chi connectivity index (χ1n) is 7.94. The lowest BCUT2D eigenvalue weighted by Crippen LogP contribution is -1.85. The molecule has 3 aromatic rings. The molecule has 118 valence electrons. The molecule has 0 fully saturated rings. The van der Waals surface area contributed by atoms with Crippen LogP contribution in [-0.4, -0.2) is 4.98 Å². The first kappa shape index (κ1) is 16.2. The van der Waals surface area contributed by atoms with E-state index in [1.807, 2.05) is 42.6 Å². The van der Waals surface area contributed by atoms with Gasteiger partial charge in [-0.15, -0.1) is 11.3 Å². The third-order valence-corrected chi connectivity index (χ3v) is 4.88. The molecule has 24 heavy (non-hydrogen) atoms. The highest BCUT2D eigenvalue weighted by molar-refractivity contribution is 7.11. The number of rotatable bonds is 4. The standard InChI is InChI=1S/C21H18N2S/c1-3-16-8-10-17(11-9-16)20-14-24-21(23-20)19(13-22)12-18-7-5-4-6-15(18)2/h4-12,14H,3H2,1-2H3. The van der Waals surface area contributed by atoms with Gasteiger partial charge >= 0.3 is 0 Å². The molecule has 0 saturated heterocycles. The minimum atomic E-state index is 0.603. The normalized spacial score (nSPS) is 11.3. The van der Waals surface area contributed by atoms with Crippen LogP contribution in [0.3, 0.4) is 0 Å². The average molecular weight is 330 g/mol. The molecule has 0 spiro atoms. The van der Waals surface area contributed by atoms with Gasteiger partial charge in [-0.1, -0.05) is 55.5 Å². The number of hydrogen-bond acceptors (Lipinski definition) is 3. The van der Waals surface area contributed by atoms with Crippen LogP contribution < -0.4 is 0 Å². The Kier molecular flexibility index (Phi) is 4.88. The summed E-state index contributed by atoms with van der Waals surface area (Å²) in [5.74, 6) is 0. The lowest BCUT2D eigenvalue weighted by atomic mass is 10.1. The van der Waals surface area contributed by atoms with E-state index in [-0.39, 0.29) is 0 Å². The van der Waals surface area contributed by atoms with E-state index in [0.717, 1.165) is 33.8 Å². The van der Waals surface area contributed by atoms with E-state index in [1.165, 1.54) is 16.9 Å². The molecule has 0 radical (unpaired) electrons. The SMILES string of the molecule is CCc1ccc(-c2csc(C(C#N)=Cc3ccccc3C)n2)cc1. The second kappa shape index (κ2) is 7.25. The van der Waals surface area contributed by atoms with Crippen molar-refractivity contribution in [1.82, 2.24) is 4.98 Å². The van der Waals surface area contributed by atoms with Crippen molar-refractivity contribution in [2.75, 3.05) is 0 Å². The number of nitrogens with zero attached hydrogens (tertiary/aromatic N) is 2. The van der Waals surface area contributed by atoms with E-state index in [2.05, 4.69) is 42.2 Å². The number of allylic oxidation sites excluding steroid dienone is 1. The van der Waals surface area contributed by atoms with Gasteiger partial charge < -0.3 is 0 Å². The summed E-state index contributed by atoms with van der Waals surface area (Å²) < 4.78 is 0. The van der Waals surface area contributed by atoms with Gasteiger partial charge in [-0.05, 0) is 36.1 Å². The molecule has 0 bridgehead atoms. The Hall–Kier alpha value is -2.70. The molecule has 0 unspecified atom stereocenters. The van der Waals surface area contributed by atoms with Crippen LogP contribution in [0.1, 0.15) is 28.6 Å². The smallest absolute Gasteiger partial charge is 0.134 e. The molecule has 3 heteroatoms. The summed E-state index contributed by atoms with van der Waals surface area (Å²) in [4.78, 5) is 4.66. The summed E-state index contributed by atoms with van der Waals surface area (Å²) in [5.41, 5.74) is 6.12. The number of aromatic nitrogens is 1. The predicted octanol–water partition coefficient (Wildman–Crippen LogP) is 5.75. The van der Waals surface area contributed by atoms with Crippen LogP contribution in [0.5, 0.6) is 0 Å². The second-order valence-corrected chi connectivity index (χ2v) is 6.47. The molecule has 0 atom stereocenters. The minimum absolute atomic E-state index is 0.603. The Bertz CT molecular complexity index is 912. The first-order chi connectivity index (χ1) is 11.7. The molecule has 2 nitrogen and oxygen atoms in total. The summed E-state index contributed by atoms with van der Waals surface area (Å²) in [6, 6.07) is 18.8. The van der Waals surface area contributed by atoms with Crippen LogP contribution in [0.15, 0.2) is 53.9 Å². The van der Waals surface area contributed by atoms with Crippen LogP contribution in [-0.2, 0) is 6.42 Å². The third-order valence-electron chi connectivity index (χ3n) is 4.00. The van der Waals surface area contributed by atoms with Crippen molar-refractivity contribution < 1.29 is 0 Å². The van der Waals surface area contributed by atoms with E-state index in [1.54, 1.807) is 0 Å². The van der Waals surface area contributed by atoms with Gasteiger partial charge in [-0.2, -0.15) is 5.26 Å². The molecule has 2 aromatic carbocycles. The highest BCUT2D eigenvalue weighted by Gasteiger charge is 2.09. The zero-order valence-corrected chi connectivity index (χ0v) is 14.6. The molecular weight excluding hydrogens is 312 g/mol. The molecule has 0 N–H and O–H groups in total. The first-order valence-corrected chi connectivity index (χ1v) is 8.82. The Balaban J connectivity index is 1.93. The number of aryl methyl sites for hydroxylation is 2. The van der Waals surface area contributed by atoms with Crippen molar-refractivity contribution in [1.29, 1.82) is 5.26 Å². The maximum absolute atomic E-state index is 9.53. The van der Waals surface area contributed by atoms with Gasteiger partial charge in [-0.3, -0.25) is 0 Å². The van der Waals surface area contributed by atoms with Crippen LogP contribution in [0.25, 0.3) is 22.9 Å². The summed E-state index contributed by atoms with van der Waals surface area (Å²) >= 11 is 1.51. The molecule has 1 heterocycles. The summed E-state index contributed by atoms with van der Waals surface area (Å²) in [6.45, 7) is 4.19. The van der Waals surface area contributed by atoms with Crippen LogP contribution in [0.4, 0.5) is 0 Å². The molecule has 3 rings (SSSR count). The maximum atomic E-state index is 9.53. The van der Waals surface area contributed by atoms with Crippen molar-refractivity contribution in [3.8, 4) is 17.3 Å². The lowest BCUT2D eigenvalue weighted by Gasteiger charge is -2.00. The Morgan fingerprint density at radius 2 is 1.92 bits per heavy atom. The van der Waals surface area contributed by atoms with E-state index >= 15 is 0 Å². The second-order valence-electron chi connectivity index (χ2n) is 5.61. The van der Waals surface area contributed by atoms with Crippen molar-refractivity contribution in [3.05, 3.63) is 75.6 Å². The number of thiazole rings is 1. The molecule has 0 amide bonds. The Labute approximate surface area is 146 Å². The number of benzene rings is 2. The Morgan fingerprint density at radius 1 is 1.17 bits per heavy atom. The summed E-state index contributed by atoms with van der Waals surface area (Å²) in [6.07, 6.45) is 2.94. The monoisotopic (exact) mass is 330 g/mol. The topological polar surface area (TPSA) is 36.7 Å². The van der Waals surface area contributed by atoms with Crippen molar-refractivity contribution in [3.63, 3.8) is 0 Å². The van der Waals surface area contributed by atoms with Crippen LogP contribution >= 0.6 is 11.3 Å². The van der Waals surface area contributed by atoms with Gasteiger partial charge in [0.15, 0.2) is 0 Å². The summed E-state index contributed by atoms with van der Waals surface area (Å²) in [5, 5.41) is 12.3. The van der Waals surface area contributed by atoms with E-state index in [4.69, 9.17) is 0 Å². The lowest BCUT2D eigenvalue weighted by molar-refractivity contribution is 1.14. The van der Waals surface area contributed by atoms with Crippen LogP contribution in [0.2, 0.25) is 0 Å². The van der Waals surface area contributed by atoms with Crippen molar-refractivity contribution >= 4 is 23.0 Å². The molecule has 1 aromatic heterocycles. The fourth-order valence-electron chi connectivity index (χ4n) is 2.49. The van der Waals surface area contributed by atoms with E-state index < -0.39 is 0 Å². The van der Waals surface area contributed by atoms with E-state index in [9.17, 15) is 5.26 Å². The van der Waals surface area contributed by atoms with Gasteiger partial charge in [-0.25, -0.2) is 4.98 Å². The molecule has 0 saturated carbocycles. The highest BCUT2D eigenvalue weighted by Crippen LogP contribution is 2.28. The predicted molar refractivity (Wildman–Crippen MR) is 102 cm³/mol. The fraction of sp³-hybridized carbons (Fsp3) is 0.143. The Morgan fingerprint density at radius 3 is 2.58 bits per heavy atom. The zero-order valence-electron chi connectivity index (χ0n) is 13.8. The van der Waals surface area contributed by atoms with Crippen LogP contribution in [0, 0.1) is 18.3 Å². The average Bonchev–Trinajstić information content (AvgIpc) is 3.11. The van der Waals surface area contributed by atoms with Crippen molar-refractivity contribution in [2.45, 2.75) is 20.3 Å². The number of nitriles is 1. The summed E-state index contributed by atoms with van der Waals surface area (Å²) in [7, 11) is 0. The molecule has 0 aliphatic heterocycles.